The molecule has 5 rings (SSSR count). The molecule has 2 amide bonds. The molecular formula is C32H33ClN6O4. The van der Waals surface area contributed by atoms with Crippen LogP contribution in [-0.4, -0.2) is 57.6 Å². The van der Waals surface area contributed by atoms with Crippen molar-refractivity contribution in [2.24, 2.45) is 4.99 Å². The first-order valence-electron chi connectivity index (χ1n) is 13.9. The first kappa shape index (κ1) is 29.9. The fraction of sp³-hybridized carbons (Fsp3) is 0.281. The molecule has 0 fully saturated rings. The summed E-state index contributed by atoms with van der Waals surface area (Å²) >= 11 is 6.17. The lowest BCUT2D eigenvalue weighted by atomic mass is 9.96. The van der Waals surface area contributed by atoms with Gasteiger partial charge in [0.2, 0.25) is 5.91 Å². The molecule has 1 aliphatic heterocycles. The number of methoxy groups -OCH3 is 1. The van der Waals surface area contributed by atoms with Gasteiger partial charge in [-0.1, -0.05) is 35.9 Å². The van der Waals surface area contributed by atoms with E-state index in [2.05, 4.69) is 20.8 Å². The zero-order valence-corrected chi connectivity index (χ0v) is 25.1. The minimum atomic E-state index is -1.06. The Morgan fingerprint density at radius 1 is 1.02 bits per heavy atom. The van der Waals surface area contributed by atoms with Crippen LogP contribution < -0.4 is 15.4 Å². The van der Waals surface area contributed by atoms with Crippen molar-refractivity contribution in [3.63, 3.8) is 0 Å². The van der Waals surface area contributed by atoms with E-state index in [0.717, 1.165) is 16.8 Å². The Bertz CT molecular complexity index is 1690. The van der Waals surface area contributed by atoms with Crippen molar-refractivity contribution < 1.29 is 19.4 Å². The van der Waals surface area contributed by atoms with Crippen LogP contribution in [0.2, 0.25) is 5.02 Å². The van der Waals surface area contributed by atoms with E-state index in [1.54, 1.807) is 57.4 Å². The van der Waals surface area contributed by atoms with Gasteiger partial charge in [0.25, 0.3) is 5.91 Å². The van der Waals surface area contributed by atoms with Crippen molar-refractivity contribution in [1.29, 1.82) is 0 Å². The summed E-state index contributed by atoms with van der Waals surface area (Å²) in [6.07, 6.45) is 0.0158. The van der Waals surface area contributed by atoms with Crippen molar-refractivity contribution in [2.45, 2.75) is 38.8 Å². The Kier molecular flexibility index (Phi) is 8.61. The minimum absolute atomic E-state index is 0.0158. The molecule has 10 nitrogen and oxygen atoms in total. The van der Waals surface area contributed by atoms with E-state index in [-0.39, 0.29) is 31.3 Å². The van der Waals surface area contributed by atoms with Gasteiger partial charge in [-0.15, -0.1) is 10.2 Å². The Balaban J connectivity index is 1.34. The number of amides is 2. The number of hydrogen-bond acceptors (Lipinski definition) is 7. The Labute approximate surface area is 254 Å². The second-order valence-corrected chi connectivity index (χ2v) is 11.2. The average molecular weight is 601 g/mol. The molecule has 0 saturated heterocycles. The lowest BCUT2D eigenvalue weighted by molar-refractivity contribution is -0.121. The highest BCUT2D eigenvalue weighted by Gasteiger charge is 2.30. The summed E-state index contributed by atoms with van der Waals surface area (Å²) in [5.41, 5.74) is 3.15. The van der Waals surface area contributed by atoms with Gasteiger partial charge in [0.1, 0.15) is 17.6 Å². The van der Waals surface area contributed by atoms with E-state index in [1.807, 2.05) is 41.8 Å². The zero-order valence-electron chi connectivity index (χ0n) is 24.4. The number of aliphatic hydroxyl groups is 1. The van der Waals surface area contributed by atoms with E-state index in [1.165, 1.54) is 0 Å². The number of nitrogens with zero attached hydrogens (tertiary/aromatic N) is 4. The number of nitrogens with one attached hydrogen (secondary N) is 2. The third-order valence-electron chi connectivity index (χ3n) is 7.19. The van der Waals surface area contributed by atoms with E-state index < -0.39 is 11.6 Å². The first-order valence-corrected chi connectivity index (χ1v) is 14.2. The third kappa shape index (κ3) is 6.60. The highest BCUT2D eigenvalue weighted by Crippen LogP contribution is 2.34. The van der Waals surface area contributed by atoms with Crippen molar-refractivity contribution in [1.82, 2.24) is 25.4 Å². The van der Waals surface area contributed by atoms with Crippen LogP contribution >= 0.6 is 11.6 Å². The summed E-state index contributed by atoms with van der Waals surface area (Å²) in [6, 6.07) is 19.3. The average Bonchev–Trinajstić information content (AvgIpc) is 3.31. The maximum Gasteiger partial charge on any atom is 0.251 e. The minimum Gasteiger partial charge on any atom is -0.497 e. The number of hydrogen-bond donors (Lipinski definition) is 3. The number of fused-ring (bicyclic) bond motifs is 3. The molecule has 0 unspecified atom stereocenters. The molecule has 0 saturated carbocycles. The normalized spacial score (nSPS) is 14.2. The predicted molar refractivity (Wildman–Crippen MR) is 164 cm³/mol. The number of halogens is 1. The molecule has 0 spiro atoms. The molecule has 2 heterocycles. The van der Waals surface area contributed by atoms with Gasteiger partial charge >= 0.3 is 0 Å². The fourth-order valence-electron chi connectivity index (χ4n) is 4.95. The largest absolute Gasteiger partial charge is 0.497 e. The lowest BCUT2D eigenvalue weighted by Crippen LogP contribution is -2.35. The van der Waals surface area contributed by atoms with Gasteiger partial charge in [-0.25, -0.2) is 0 Å². The molecule has 3 N–H and O–H groups in total. The van der Waals surface area contributed by atoms with E-state index in [4.69, 9.17) is 21.3 Å². The standard InChI is InChI=1S/C32H33ClN6O4/c1-19-37-38-30-26(18-28(40)34-14-15-35-31(41)21-6-5-7-22(16-21)32(2,3)42)36-29(20-8-10-23(33)11-9-20)25-17-24(43-4)12-13-27(25)39(19)30/h5-13,16-17,26,42H,14-15,18H2,1-4H3,(H,34,40)(H,35,41)/t26-/m0/s1. The van der Waals surface area contributed by atoms with Gasteiger partial charge in [0.05, 0.1) is 30.5 Å². The molecule has 0 radical (unpaired) electrons. The van der Waals surface area contributed by atoms with E-state index >= 15 is 0 Å². The number of benzene rings is 3. The summed E-state index contributed by atoms with van der Waals surface area (Å²) in [5.74, 6) is 1.33. The zero-order chi connectivity index (χ0) is 30.7. The van der Waals surface area contributed by atoms with Gasteiger partial charge in [-0.2, -0.15) is 0 Å². The van der Waals surface area contributed by atoms with E-state index in [9.17, 15) is 14.7 Å². The maximum atomic E-state index is 13.2. The Hall–Kier alpha value is -4.54. The van der Waals surface area contributed by atoms with Gasteiger partial charge in [0, 0.05) is 34.8 Å². The van der Waals surface area contributed by atoms with Gasteiger partial charge in [0.15, 0.2) is 5.82 Å². The number of aliphatic imine (C=N–C) groups is 1. The summed E-state index contributed by atoms with van der Waals surface area (Å²) in [4.78, 5) is 30.9. The van der Waals surface area contributed by atoms with Crippen LogP contribution in [0.5, 0.6) is 5.75 Å². The Morgan fingerprint density at radius 2 is 1.77 bits per heavy atom. The first-order chi connectivity index (χ1) is 20.5. The van der Waals surface area contributed by atoms with Crippen LogP contribution in [0.15, 0.2) is 71.7 Å². The predicted octanol–water partition coefficient (Wildman–Crippen LogP) is 4.29. The number of rotatable bonds is 9. The monoisotopic (exact) mass is 600 g/mol. The van der Waals surface area contributed by atoms with Crippen LogP contribution in [-0.2, 0) is 10.4 Å². The second-order valence-electron chi connectivity index (χ2n) is 10.8. The number of carbonyl (C=O) groups excluding carboxylic acids is 2. The molecule has 0 bridgehead atoms. The highest BCUT2D eigenvalue weighted by atomic mass is 35.5. The number of carbonyl (C=O) groups is 2. The molecule has 222 valence electrons. The smallest absolute Gasteiger partial charge is 0.251 e. The summed E-state index contributed by atoms with van der Waals surface area (Å²) in [6.45, 7) is 5.63. The SMILES string of the molecule is COc1ccc2c(c1)C(c1ccc(Cl)cc1)=N[C@@H](CC(=O)NCCNC(=O)c1cccc(C(C)(C)O)c1)c1nnc(C)n1-2. The molecule has 1 aromatic heterocycles. The summed E-state index contributed by atoms with van der Waals surface area (Å²) in [7, 11) is 1.61. The van der Waals surface area contributed by atoms with Crippen LogP contribution in [0, 0.1) is 6.92 Å². The third-order valence-corrected chi connectivity index (χ3v) is 7.44. The van der Waals surface area contributed by atoms with Gasteiger partial charge < -0.3 is 20.5 Å². The number of aromatic nitrogens is 3. The molecular weight excluding hydrogens is 568 g/mol. The molecule has 11 heteroatoms. The van der Waals surface area contributed by atoms with Crippen molar-refractivity contribution in [3.05, 3.63) is 106 Å². The highest BCUT2D eigenvalue weighted by molar-refractivity contribution is 6.30. The molecule has 43 heavy (non-hydrogen) atoms. The maximum absolute atomic E-state index is 13.2. The fourth-order valence-corrected chi connectivity index (χ4v) is 5.07. The molecule has 4 aromatic rings. The second kappa shape index (κ2) is 12.4. The number of ether oxygens (including phenoxy) is 1. The van der Waals surface area contributed by atoms with Crippen molar-refractivity contribution in [2.75, 3.05) is 20.2 Å². The summed E-state index contributed by atoms with van der Waals surface area (Å²) in [5, 5.41) is 25.2. The van der Waals surface area contributed by atoms with E-state index in [0.29, 0.717) is 39.3 Å². The van der Waals surface area contributed by atoms with Crippen LogP contribution in [0.1, 0.15) is 65.0 Å². The van der Waals surface area contributed by atoms with Crippen LogP contribution in [0.3, 0.4) is 0 Å². The quantitative estimate of drug-likeness (QED) is 0.246. The molecule has 0 aliphatic carbocycles. The van der Waals surface area contributed by atoms with Crippen molar-refractivity contribution >= 4 is 29.1 Å². The lowest BCUT2D eigenvalue weighted by Gasteiger charge is -2.18. The topological polar surface area (TPSA) is 131 Å². The molecule has 1 atom stereocenters. The Morgan fingerprint density at radius 3 is 2.49 bits per heavy atom. The molecule has 3 aromatic carbocycles. The van der Waals surface area contributed by atoms with Crippen LogP contribution in [0.25, 0.3) is 5.69 Å². The van der Waals surface area contributed by atoms with Crippen LogP contribution in [0.4, 0.5) is 0 Å². The molecule has 1 aliphatic rings. The summed E-state index contributed by atoms with van der Waals surface area (Å²) < 4.78 is 7.43. The number of aryl methyl sites for hydroxylation is 1. The van der Waals surface area contributed by atoms with Gasteiger partial charge in [-0.3, -0.25) is 19.1 Å². The van der Waals surface area contributed by atoms with Gasteiger partial charge in [-0.05, 0) is 68.8 Å². The van der Waals surface area contributed by atoms with Crippen molar-refractivity contribution in [3.8, 4) is 11.4 Å².